The molecule has 0 fully saturated rings. The molecule has 172 valence electrons. The van der Waals surface area contributed by atoms with Gasteiger partial charge in [0.05, 0.1) is 0 Å². The Hall–Kier alpha value is -3.04. The van der Waals surface area contributed by atoms with Crippen LogP contribution < -0.4 is 26.5 Å². The number of aryl methyl sites for hydroxylation is 2. The van der Waals surface area contributed by atoms with Gasteiger partial charge in [-0.05, 0) is 73.0 Å². The van der Waals surface area contributed by atoms with E-state index in [2.05, 4.69) is 146 Å². The summed E-state index contributed by atoms with van der Waals surface area (Å²) in [5.41, 5.74) is 2.93. The first-order valence-corrected chi connectivity index (χ1v) is 15.3. The Bertz CT molecular complexity index is 1310. The molecule has 0 aliphatic heterocycles. The van der Waals surface area contributed by atoms with Gasteiger partial charge < -0.3 is 0 Å². The predicted octanol–water partition coefficient (Wildman–Crippen LogP) is 6.29. The molecule has 0 aromatic heterocycles. The second kappa shape index (κ2) is 11.6. The van der Waals surface area contributed by atoms with E-state index < -0.39 is 7.92 Å². The fourth-order valence-corrected chi connectivity index (χ4v) is 8.96. The molecule has 1 unspecified atom stereocenters. The molecule has 5 aromatic rings. The van der Waals surface area contributed by atoms with E-state index in [4.69, 9.17) is 0 Å². The maximum atomic E-state index is 2.39. The van der Waals surface area contributed by atoms with Crippen molar-refractivity contribution in [2.24, 2.45) is 0 Å². The van der Waals surface area contributed by atoms with E-state index in [1.165, 1.54) is 37.6 Å². The number of hydrogen-bond acceptors (Lipinski definition) is 0. The summed E-state index contributed by atoms with van der Waals surface area (Å²) < 4.78 is 0. The number of hydrogen-bond donors (Lipinski definition) is 0. The lowest BCUT2D eigenvalue weighted by molar-refractivity contribution is 0.973. The summed E-state index contributed by atoms with van der Waals surface area (Å²) in [6, 6.07) is 51.1. The summed E-state index contributed by atoms with van der Waals surface area (Å²) in [5.74, 6) is 0. The van der Waals surface area contributed by atoms with Crippen LogP contribution in [0.15, 0.2) is 140 Å². The molecule has 0 heterocycles. The van der Waals surface area contributed by atoms with Gasteiger partial charge in [-0.3, -0.25) is 0 Å². The fourth-order valence-electron chi connectivity index (χ4n) is 4.63. The standard InChI is InChI=1S/C33H30P2/c1-34(29-17-5-2-6-18-29)32-23-13-11-15-27(32)25-26-28-16-12-14-24-33(28)35(30-19-7-3-8-20-30)31-21-9-4-10-22-31/h2-24H,25-26H2,1H3. The average molecular weight is 489 g/mol. The fraction of sp³-hybridized carbons (Fsp3) is 0.0909. The maximum Gasteiger partial charge on any atom is -0.0119 e. The van der Waals surface area contributed by atoms with Gasteiger partial charge in [0, 0.05) is 0 Å². The van der Waals surface area contributed by atoms with Crippen molar-refractivity contribution in [3.8, 4) is 0 Å². The average Bonchev–Trinajstić information content (AvgIpc) is 2.94. The zero-order chi connectivity index (χ0) is 23.9. The van der Waals surface area contributed by atoms with Crippen molar-refractivity contribution in [1.29, 1.82) is 0 Å². The lowest BCUT2D eigenvalue weighted by Gasteiger charge is -2.23. The Balaban J connectivity index is 1.47. The van der Waals surface area contributed by atoms with Crippen LogP contribution in [0, 0.1) is 0 Å². The summed E-state index contributed by atoms with van der Waals surface area (Å²) in [7, 11) is -0.960. The van der Waals surface area contributed by atoms with Crippen LogP contribution in [0.4, 0.5) is 0 Å². The van der Waals surface area contributed by atoms with Gasteiger partial charge in [-0.25, -0.2) is 0 Å². The minimum Gasteiger partial charge on any atom is -0.0622 e. The molecule has 0 radical (unpaired) electrons. The highest BCUT2D eigenvalue weighted by atomic mass is 31.1. The van der Waals surface area contributed by atoms with E-state index >= 15 is 0 Å². The predicted molar refractivity (Wildman–Crippen MR) is 158 cm³/mol. The highest BCUT2D eigenvalue weighted by molar-refractivity contribution is 7.79. The third-order valence-corrected chi connectivity index (χ3v) is 11.2. The molecule has 0 amide bonds. The Kier molecular flexibility index (Phi) is 7.85. The van der Waals surface area contributed by atoms with E-state index in [9.17, 15) is 0 Å². The van der Waals surface area contributed by atoms with E-state index in [-0.39, 0.29) is 7.92 Å². The normalized spacial score (nSPS) is 11.9. The van der Waals surface area contributed by atoms with Crippen molar-refractivity contribution < 1.29 is 0 Å². The van der Waals surface area contributed by atoms with E-state index in [0.717, 1.165) is 12.8 Å². The number of rotatable bonds is 8. The molecule has 5 rings (SSSR count). The SMILES string of the molecule is CP(c1ccccc1)c1ccccc1CCc1ccccc1P(c1ccccc1)c1ccccc1. The van der Waals surface area contributed by atoms with Gasteiger partial charge in [0.1, 0.15) is 0 Å². The van der Waals surface area contributed by atoms with Crippen LogP contribution >= 0.6 is 15.8 Å². The van der Waals surface area contributed by atoms with Crippen LogP contribution in [-0.4, -0.2) is 6.66 Å². The lowest BCUT2D eigenvalue weighted by Crippen LogP contribution is -2.24. The van der Waals surface area contributed by atoms with Crippen molar-refractivity contribution in [3.05, 3.63) is 151 Å². The highest BCUT2D eigenvalue weighted by Crippen LogP contribution is 2.35. The zero-order valence-electron chi connectivity index (χ0n) is 20.1. The molecule has 0 aliphatic rings. The molecular formula is C33H30P2. The topological polar surface area (TPSA) is 0 Å². The Morgan fingerprint density at radius 2 is 0.771 bits per heavy atom. The van der Waals surface area contributed by atoms with Gasteiger partial charge >= 0.3 is 0 Å². The minimum absolute atomic E-state index is 0.360. The molecule has 0 bridgehead atoms. The molecule has 0 N–H and O–H groups in total. The Labute approximate surface area is 212 Å². The molecule has 0 aliphatic carbocycles. The third-order valence-electron chi connectivity index (χ3n) is 6.42. The Morgan fingerprint density at radius 1 is 0.400 bits per heavy atom. The van der Waals surface area contributed by atoms with Gasteiger partial charge in [0.2, 0.25) is 0 Å². The molecular weight excluding hydrogens is 458 g/mol. The maximum absolute atomic E-state index is 2.39. The monoisotopic (exact) mass is 488 g/mol. The van der Waals surface area contributed by atoms with Gasteiger partial charge in [0.25, 0.3) is 0 Å². The second-order valence-electron chi connectivity index (χ2n) is 8.66. The van der Waals surface area contributed by atoms with Crippen LogP contribution in [-0.2, 0) is 12.8 Å². The van der Waals surface area contributed by atoms with Crippen LogP contribution in [0.1, 0.15) is 11.1 Å². The molecule has 0 nitrogen and oxygen atoms in total. The highest BCUT2D eigenvalue weighted by Gasteiger charge is 2.19. The van der Waals surface area contributed by atoms with Crippen LogP contribution in [0.25, 0.3) is 0 Å². The zero-order valence-corrected chi connectivity index (χ0v) is 21.9. The molecule has 35 heavy (non-hydrogen) atoms. The Morgan fingerprint density at radius 3 is 1.29 bits per heavy atom. The lowest BCUT2D eigenvalue weighted by atomic mass is 10.0. The van der Waals surface area contributed by atoms with E-state index in [0.29, 0.717) is 0 Å². The van der Waals surface area contributed by atoms with Crippen molar-refractivity contribution in [1.82, 2.24) is 0 Å². The molecule has 2 heteroatoms. The summed E-state index contributed by atoms with van der Waals surface area (Å²) in [6.45, 7) is 2.39. The summed E-state index contributed by atoms with van der Waals surface area (Å²) in [5, 5.41) is 7.22. The molecule has 0 saturated carbocycles. The largest absolute Gasteiger partial charge is 0.0622 e. The quantitative estimate of drug-likeness (QED) is 0.225. The summed E-state index contributed by atoms with van der Waals surface area (Å²) in [4.78, 5) is 0. The second-order valence-corrected chi connectivity index (χ2v) is 13.0. The van der Waals surface area contributed by atoms with Gasteiger partial charge in [-0.15, -0.1) is 0 Å². The minimum atomic E-state index is -0.599. The van der Waals surface area contributed by atoms with Crippen molar-refractivity contribution >= 4 is 42.4 Å². The molecule has 5 aromatic carbocycles. The molecule has 0 saturated heterocycles. The first-order valence-electron chi connectivity index (χ1n) is 12.2. The van der Waals surface area contributed by atoms with Crippen LogP contribution in [0.3, 0.4) is 0 Å². The van der Waals surface area contributed by atoms with Gasteiger partial charge in [-0.1, -0.05) is 140 Å². The first-order chi connectivity index (χ1) is 17.3. The van der Waals surface area contributed by atoms with Crippen molar-refractivity contribution in [2.45, 2.75) is 12.8 Å². The van der Waals surface area contributed by atoms with Crippen LogP contribution in [0.5, 0.6) is 0 Å². The van der Waals surface area contributed by atoms with Crippen LogP contribution in [0.2, 0.25) is 0 Å². The van der Waals surface area contributed by atoms with Gasteiger partial charge in [0.15, 0.2) is 0 Å². The van der Waals surface area contributed by atoms with Gasteiger partial charge in [-0.2, -0.15) is 0 Å². The third kappa shape index (κ3) is 5.62. The van der Waals surface area contributed by atoms with E-state index in [1.807, 2.05) is 0 Å². The van der Waals surface area contributed by atoms with E-state index in [1.54, 1.807) is 0 Å². The molecule has 1 atom stereocenters. The first kappa shape index (κ1) is 23.7. The molecule has 0 spiro atoms. The summed E-state index contributed by atoms with van der Waals surface area (Å²) >= 11 is 0. The van der Waals surface area contributed by atoms with Crippen molar-refractivity contribution in [2.75, 3.05) is 6.66 Å². The smallest absolute Gasteiger partial charge is 0.0119 e. The number of benzene rings is 5. The summed E-state index contributed by atoms with van der Waals surface area (Å²) in [6.07, 6.45) is 2.10. The van der Waals surface area contributed by atoms with Crippen molar-refractivity contribution in [3.63, 3.8) is 0 Å².